The van der Waals surface area contributed by atoms with E-state index in [0.717, 1.165) is 18.4 Å². The molecule has 0 aromatic heterocycles. The van der Waals surface area contributed by atoms with Gasteiger partial charge in [-0.05, 0) is 44.6 Å². The first-order valence-corrected chi connectivity index (χ1v) is 13.2. The van der Waals surface area contributed by atoms with Crippen LogP contribution >= 0.6 is 0 Å². The fourth-order valence-corrected chi connectivity index (χ4v) is 6.23. The number of hydrogen-bond acceptors (Lipinski definition) is 6. The van der Waals surface area contributed by atoms with Crippen molar-refractivity contribution in [2.75, 3.05) is 19.8 Å². The van der Waals surface area contributed by atoms with Gasteiger partial charge in [-0.1, -0.05) is 42.5 Å². The Hall–Kier alpha value is -2.97. The lowest BCUT2D eigenvalue weighted by atomic mass is 9.70. The van der Waals surface area contributed by atoms with Crippen LogP contribution in [0.5, 0.6) is 0 Å². The molecule has 4 rings (SSSR count). The topological polar surface area (TPSA) is 96.4 Å². The van der Waals surface area contributed by atoms with Crippen molar-refractivity contribution in [2.45, 2.75) is 69.4 Å². The fraction of sp³-hybridized carbons (Fsp3) is 0.552. The highest BCUT2D eigenvalue weighted by Crippen LogP contribution is 2.59. The second-order valence-electron chi connectivity index (χ2n) is 10.3. The highest BCUT2D eigenvalue weighted by molar-refractivity contribution is 5.98. The van der Waals surface area contributed by atoms with Gasteiger partial charge in [0.1, 0.15) is 11.6 Å². The van der Waals surface area contributed by atoms with E-state index in [1.807, 2.05) is 36.4 Å². The lowest BCUT2D eigenvalue weighted by Gasteiger charge is -2.38. The fourth-order valence-electron chi connectivity index (χ4n) is 6.23. The number of esters is 1. The van der Waals surface area contributed by atoms with Crippen LogP contribution in [0.2, 0.25) is 0 Å². The van der Waals surface area contributed by atoms with Gasteiger partial charge in [0.15, 0.2) is 0 Å². The van der Waals surface area contributed by atoms with Crippen molar-refractivity contribution in [3.8, 4) is 0 Å². The van der Waals surface area contributed by atoms with Crippen LogP contribution in [0.4, 0.5) is 0 Å². The van der Waals surface area contributed by atoms with Gasteiger partial charge in [-0.15, -0.1) is 13.2 Å². The van der Waals surface area contributed by atoms with E-state index in [0.29, 0.717) is 32.4 Å². The summed E-state index contributed by atoms with van der Waals surface area (Å²) in [4.78, 5) is 44.4. The Morgan fingerprint density at radius 2 is 2.03 bits per heavy atom. The maximum absolute atomic E-state index is 14.2. The number of rotatable bonds is 13. The third-order valence-electron chi connectivity index (χ3n) is 7.91. The minimum atomic E-state index is -1.12. The third kappa shape index (κ3) is 4.97. The molecular formula is C29H38N2O6. The molecule has 200 valence electrons. The Kier molecular flexibility index (Phi) is 8.49. The Balaban J connectivity index is 1.62. The molecule has 8 nitrogen and oxygen atoms in total. The molecule has 3 fully saturated rings. The highest BCUT2D eigenvalue weighted by atomic mass is 16.6. The number of amides is 2. The summed E-state index contributed by atoms with van der Waals surface area (Å²) in [6.45, 7) is 9.84. The minimum Gasteiger partial charge on any atom is -0.465 e. The number of benzene rings is 1. The number of ether oxygens (including phenoxy) is 2. The summed E-state index contributed by atoms with van der Waals surface area (Å²) < 4.78 is 12.0. The highest BCUT2D eigenvalue weighted by Gasteiger charge is 2.75. The van der Waals surface area contributed by atoms with Gasteiger partial charge in [0.05, 0.1) is 37.2 Å². The average Bonchev–Trinajstić information content (AvgIpc) is 3.55. The molecule has 3 saturated heterocycles. The monoisotopic (exact) mass is 510 g/mol. The Morgan fingerprint density at radius 3 is 2.70 bits per heavy atom. The summed E-state index contributed by atoms with van der Waals surface area (Å²) in [7, 11) is 0. The molecule has 2 amide bonds. The van der Waals surface area contributed by atoms with E-state index in [9.17, 15) is 19.5 Å². The zero-order valence-electron chi connectivity index (χ0n) is 21.6. The van der Waals surface area contributed by atoms with Crippen molar-refractivity contribution in [1.29, 1.82) is 0 Å². The Morgan fingerprint density at radius 1 is 1.27 bits per heavy atom. The van der Waals surface area contributed by atoms with Gasteiger partial charge in [-0.25, -0.2) is 0 Å². The van der Waals surface area contributed by atoms with Crippen LogP contribution < -0.4 is 0 Å². The average molecular weight is 511 g/mol. The van der Waals surface area contributed by atoms with Gasteiger partial charge in [0, 0.05) is 13.1 Å². The van der Waals surface area contributed by atoms with Gasteiger partial charge in [-0.2, -0.15) is 0 Å². The number of likely N-dealkylation sites (tertiary alicyclic amines) is 1. The van der Waals surface area contributed by atoms with Crippen LogP contribution in [0.1, 0.15) is 44.6 Å². The standard InChI is InChI=1S/C29H38N2O6/c1-4-6-7-11-17-36-28(35)23-22-14-15-29(37-22)24(23)26(33)31(20(3)19-32)25(29)27(34)30(16-5-2)18-21-12-9-8-10-13-21/h4-5,8-10,12-13,20,22-25,32H,1-2,6-7,11,14-19H2,3H3/t20-,22+,23-,24+,25?,29?/m1/s1. The summed E-state index contributed by atoms with van der Waals surface area (Å²) in [5.74, 6) is -2.60. The Labute approximate surface area is 218 Å². The van der Waals surface area contributed by atoms with Gasteiger partial charge in [-0.3, -0.25) is 14.4 Å². The van der Waals surface area contributed by atoms with Crippen molar-refractivity contribution >= 4 is 17.8 Å². The van der Waals surface area contributed by atoms with Crippen LogP contribution in [-0.2, 0) is 30.4 Å². The molecule has 1 spiro atoms. The molecule has 0 radical (unpaired) electrons. The van der Waals surface area contributed by atoms with E-state index < -0.39 is 41.6 Å². The first kappa shape index (κ1) is 27.1. The quantitative estimate of drug-likeness (QED) is 0.249. The van der Waals surface area contributed by atoms with E-state index in [-0.39, 0.29) is 25.0 Å². The SMILES string of the molecule is C=CCCCCOC(=O)[C@@H]1[C@@H]2CCC3(O2)C(C(=O)N(CC=C)Cc2ccccc2)N([C@H](C)CO)C(=O)[C@H]13. The van der Waals surface area contributed by atoms with Crippen LogP contribution in [0.3, 0.4) is 0 Å². The Bertz CT molecular complexity index is 1010. The number of carbonyl (C=O) groups excluding carboxylic acids is 3. The molecule has 1 N–H and O–H groups in total. The molecule has 1 aromatic rings. The number of nitrogens with zero attached hydrogens (tertiary/aromatic N) is 2. The number of aliphatic hydroxyl groups excluding tert-OH is 1. The van der Waals surface area contributed by atoms with Crippen LogP contribution in [0, 0.1) is 11.8 Å². The largest absolute Gasteiger partial charge is 0.465 e. The molecule has 1 aromatic carbocycles. The summed E-state index contributed by atoms with van der Waals surface area (Å²) in [6, 6.07) is 8.07. The molecular weight excluding hydrogens is 472 g/mol. The van der Waals surface area contributed by atoms with Crippen molar-refractivity contribution in [1.82, 2.24) is 9.80 Å². The van der Waals surface area contributed by atoms with Crippen molar-refractivity contribution in [3.05, 3.63) is 61.2 Å². The molecule has 8 heteroatoms. The van der Waals surface area contributed by atoms with Crippen LogP contribution in [0.15, 0.2) is 55.6 Å². The van der Waals surface area contributed by atoms with Crippen LogP contribution in [-0.4, -0.2) is 76.2 Å². The number of hydrogen-bond donors (Lipinski definition) is 1. The minimum absolute atomic E-state index is 0.265. The van der Waals surface area contributed by atoms with E-state index in [4.69, 9.17) is 9.47 Å². The van der Waals surface area contributed by atoms with E-state index in [1.54, 1.807) is 17.9 Å². The molecule has 3 aliphatic heterocycles. The van der Waals surface area contributed by atoms with Gasteiger partial charge < -0.3 is 24.4 Å². The number of unbranched alkanes of at least 4 members (excludes halogenated alkanes) is 2. The molecule has 3 aliphatic rings. The maximum Gasteiger partial charge on any atom is 0.312 e. The predicted octanol–water partition coefficient (Wildman–Crippen LogP) is 2.86. The van der Waals surface area contributed by atoms with Gasteiger partial charge in [0.2, 0.25) is 11.8 Å². The lowest BCUT2D eigenvalue weighted by Crippen LogP contribution is -2.58. The lowest BCUT2D eigenvalue weighted by molar-refractivity contribution is -0.156. The molecule has 3 heterocycles. The van der Waals surface area contributed by atoms with E-state index >= 15 is 0 Å². The number of allylic oxidation sites excluding steroid dienone is 1. The van der Waals surface area contributed by atoms with E-state index in [1.165, 1.54) is 4.90 Å². The second kappa shape index (κ2) is 11.6. The molecule has 0 saturated carbocycles. The molecule has 2 unspecified atom stereocenters. The third-order valence-corrected chi connectivity index (χ3v) is 7.91. The zero-order chi connectivity index (χ0) is 26.6. The molecule has 0 aliphatic carbocycles. The number of carbonyl (C=O) groups is 3. The summed E-state index contributed by atoms with van der Waals surface area (Å²) >= 11 is 0. The normalized spacial score (nSPS) is 28.6. The van der Waals surface area contributed by atoms with Crippen molar-refractivity contribution < 1.29 is 29.0 Å². The van der Waals surface area contributed by atoms with Gasteiger partial charge >= 0.3 is 5.97 Å². The van der Waals surface area contributed by atoms with Crippen molar-refractivity contribution in [3.63, 3.8) is 0 Å². The summed E-state index contributed by atoms with van der Waals surface area (Å²) in [5, 5.41) is 10.0. The first-order chi connectivity index (χ1) is 17.9. The summed E-state index contributed by atoms with van der Waals surface area (Å²) in [5.41, 5.74) is -0.169. The zero-order valence-corrected chi connectivity index (χ0v) is 21.6. The molecule has 37 heavy (non-hydrogen) atoms. The first-order valence-electron chi connectivity index (χ1n) is 13.2. The smallest absolute Gasteiger partial charge is 0.312 e. The number of aliphatic hydroxyl groups is 1. The molecule has 6 atom stereocenters. The number of fused-ring (bicyclic) bond motifs is 1. The second-order valence-corrected chi connectivity index (χ2v) is 10.3. The summed E-state index contributed by atoms with van der Waals surface area (Å²) in [6.07, 6.45) is 6.52. The van der Waals surface area contributed by atoms with Crippen LogP contribution in [0.25, 0.3) is 0 Å². The van der Waals surface area contributed by atoms with E-state index in [2.05, 4.69) is 13.2 Å². The predicted molar refractivity (Wildman–Crippen MR) is 138 cm³/mol. The maximum atomic E-state index is 14.2. The van der Waals surface area contributed by atoms with Crippen molar-refractivity contribution in [2.24, 2.45) is 11.8 Å². The van der Waals surface area contributed by atoms with Gasteiger partial charge in [0.25, 0.3) is 0 Å². The molecule has 2 bridgehead atoms.